The van der Waals surface area contributed by atoms with Gasteiger partial charge >= 0.3 is 52.1 Å². The zero-order valence-corrected chi connectivity index (χ0v) is 91.0. The molecule has 0 atom stereocenters. The van der Waals surface area contributed by atoms with E-state index in [4.69, 9.17) is 34.2 Å². The van der Waals surface area contributed by atoms with Crippen molar-refractivity contribution in [1.29, 1.82) is 0 Å². The molecule has 8 aromatic carbocycles. The minimum absolute atomic E-state index is 0. The number of halogens is 2. The summed E-state index contributed by atoms with van der Waals surface area (Å²) in [6, 6.07) is 72.7. The standard InChI is InChI=1S/C24H21N5O3S.2C23H19N5O2S.C17H16N4OS.C16H12N4OS.2CH3.2BrH.2Mg/c1-3-32-24(30)21-18-11-8-16(13-20(18)33-28-21)26-23-22-19(5-4-12-25-22)29(27-23)14-15-6-9-17(31-2)10-7-15;2*1-14(29)21-18-10-7-16(12-20(18)31-27-21)25-23-22-19(4-3-11-24-22)28(26-23)13-15-5-8-17(30-2)9-6-15;1-17(2,22)15-12-6-5-11(8-13(12)23-21-15)20-16-14-10(9-19-16)4-3-7-18-14;1-9(21)14-12-5-4-11(7-13(12)22-20-14)19-16-15-10(8-18-16)3-2-6-17-15;;;;;;/h4-13H,3,14H2,1-2H3,(H,26,27);2*3-12H,13H2,1-2H3,(H,25,26);3-8,22H,9H2,1-2H3,(H,19,20);2-7H,8H2,1H3,(H,18,19);2*1H3;2*1H;;/q;;;;;2*-1;;;2*+2/p-2. The van der Waals surface area contributed by atoms with E-state index >= 15 is 0 Å². The van der Waals surface area contributed by atoms with Crippen molar-refractivity contribution in [2.24, 2.45) is 9.98 Å². The maximum atomic E-state index is 12.1. The molecule has 23 rings (SSSR count). The molecule has 730 valence electrons. The number of rotatable bonds is 23. The Kier molecular flexibility index (Phi) is 36.5. The van der Waals surface area contributed by atoms with Crippen LogP contribution >= 0.6 is 57.7 Å². The molecule has 0 fully saturated rings. The number of esters is 1. The third-order valence-corrected chi connectivity index (χ3v) is 26.8. The second-order valence-corrected chi connectivity index (χ2v) is 36.8. The summed E-state index contributed by atoms with van der Waals surface area (Å²) in [5.41, 5.74) is 18.7. The Hall–Kier alpha value is -14.0. The van der Waals surface area contributed by atoms with Crippen molar-refractivity contribution in [2.75, 3.05) is 54.5 Å². The number of aliphatic hydroxyl groups is 1. The van der Waals surface area contributed by atoms with E-state index in [1.54, 1.807) is 73.1 Å². The van der Waals surface area contributed by atoms with Gasteiger partial charge in [-0.1, -0.05) is 48.5 Å². The molecule has 0 aliphatic carbocycles. The van der Waals surface area contributed by atoms with Gasteiger partial charge in [-0.2, -0.15) is 37.2 Å². The quantitative estimate of drug-likeness (QED) is 0.0150. The Morgan fingerprint density at radius 3 is 0.979 bits per heavy atom. The molecule has 0 unspecified atom stereocenters. The van der Waals surface area contributed by atoms with Crippen LogP contribution in [0.25, 0.3) is 83.5 Å². The number of anilines is 8. The smallest absolute Gasteiger partial charge is 1.00 e. The molecule has 21 aromatic rings. The molecule has 0 spiro atoms. The van der Waals surface area contributed by atoms with E-state index in [0.717, 1.165) is 180 Å². The number of fused-ring (bicyclic) bond motifs is 10. The number of nitrogens with one attached hydrogen (secondary N) is 5. The van der Waals surface area contributed by atoms with Gasteiger partial charge in [0, 0.05) is 118 Å². The summed E-state index contributed by atoms with van der Waals surface area (Å²) in [7, 11) is 4.97. The van der Waals surface area contributed by atoms with Gasteiger partial charge in [-0.15, -0.1) is 0 Å². The fraction of sp³-hybridized carbons (Fsp3) is 0.152. The number of nitrogens with zero attached hydrogens (tertiary/aromatic N) is 18. The van der Waals surface area contributed by atoms with E-state index in [-0.39, 0.29) is 112 Å². The van der Waals surface area contributed by atoms with Crippen LogP contribution in [-0.2, 0) is 43.1 Å². The molecule has 41 heteroatoms. The molecule has 13 aromatic heterocycles. The Balaban J connectivity index is 0.000000152. The van der Waals surface area contributed by atoms with E-state index < -0.39 is 11.6 Å². The number of carbonyl (C=O) groups excluding carboxylic acids is 4. The first-order chi connectivity index (χ1) is 68.1. The summed E-state index contributed by atoms with van der Waals surface area (Å²) >= 11 is 6.63. The Labute approximate surface area is 912 Å². The number of pyridine rings is 5. The molecule has 146 heavy (non-hydrogen) atoms. The summed E-state index contributed by atoms with van der Waals surface area (Å²) in [6.45, 7) is 13.4. The van der Waals surface area contributed by atoms with Crippen LogP contribution in [0.2, 0.25) is 0 Å². The van der Waals surface area contributed by atoms with Crippen molar-refractivity contribution in [3.8, 4) is 17.2 Å². The van der Waals surface area contributed by atoms with E-state index in [1.807, 2.05) is 239 Å². The number of Topliss-reactive ketones (excluding diaryl/α,β-unsaturated/α-hetero) is 3. The molecule has 0 saturated carbocycles. The van der Waals surface area contributed by atoms with Gasteiger partial charge in [0.05, 0.1) is 106 Å². The average molecular weight is 2190 g/mol. The number of hydrogen-bond acceptors (Lipinski definition) is 34. The molecule has 2 aliphatic heterocycles. The third kappa shape index (κ3) is 24.4. The first kappa shape index (κ1) is 109. The summed E-state index contributed by atoms with van der Waals surface area (Å²) in [6.07, 6.45) is 8.83. The van der Waals surface area contributed by atoms with Gasteiger partial charge in [0.1, 0.15) is 67.9 Å². The molecule has 6 N–H and O–H groups in total. The van der Waals surface area contributed by atoms with Crippen molar-refractivity contribution < 1.29 is 77.2 Å². The van der Waals surface area contributed by atoms with Gasteiger partial charge in [0.15, 0.2) is 52.2 Å². The van der Waals surface area contributed by atoms with Gasteiger partial charge < -0.3 is 99.5 Å². The maximum Gasteiger partial charge on any atom is 2.00 e. The molecule has 15 heterocycles. The number of aliphatic imine (C=N–C) groups is 2. The Morgan fingerprint density at radius 2 is 0.664 bits per heavy atom. The number of benzene rings is 8. The molecule has 2 aliphatic rings. The van der Waals surface area contributed by atoms with Crippen molar-refractivity contribution >= 4 is 268 Å². The fourth-order valence-corrected chi connectivity index (χ4v) is 20.2. The fourth-order valence-electron chi connectivity index (χ4n) is 15.9. The molecule has 0 saturated heterocycles. The summed E-state index contributed by atoms with van der Waals surface area (Å²) in [5.74, 6) is 5.60. The van der Waals surface area contributed by atoms with Crippen LogP contribution in [0.5, 0.6) is 17.2 Å². The number of hydrogen-bond donors (Lipinski definition) is 6. The van der Waals surface area contributed by atoms with Crippen molar-refractivity contribution in [1.82, 2.24) is 76.1 Å². The van der Waals surface area contributed by atoms with Crippen molar-refractivity contribution in [3.63, 3.8) is 0 Å². The number of ether oxygens (including phenoxy) is 4. The third-order valence-electron chi connectivity index (χ3n) is 22.8. The molecule has 0 radical (unpaired) electrons. The molecule has 0 amide bonds. The second-order valence-electron chi connectivity index (χ2n) is 32.8. The van der Waals surface area contributed by atoms with Crippen molar-refractivity contribution in [3.05, 3.63) is 338 Å². The van der Waals surface area contributed by atoms with Crippen LogP contribution in [0, 0.1) is 14.9 Å². The van der Waals surface area contributed by atoms with Crippen LogP contribution in [-0.4, -0.2) is 190 Å². The SMILES string of the molecule is CC(=O)c1nsc2cc(NC3=NCc4cccnc43)ccc12.CC(C)(O)c1nsc2cc(NC3=NCc4cccnc43)ccc12.CCOC(=O)c1nsc2cc(Nc3nn(Cc4ccc(OC)cc4)c4cccnc34)ccc12.COc1ccc(Cn2nc(Nc3ccc4c(C(C)=O)nsc4c3)c3ncccc32)cc1.COc1ccc(Cn2nc(Nc3ccc4c(C(C)=O)nsc4c3)c3ncccc32)cc1.[Br-].[Br-].[CH3-].[CH3-].[Mg+2].[Mg+2]. The summed E-state index contributed by atoms with van der Waals surface area (Å²) in [4.78, 5) is 78.5. The van der Waals surface area contributed by atoms with Crippen LogP contribution in [0.4, 0.5) is 45.9 Å². The monoisotopic (exact) mass is 2190 g/mol. The van der Waals surface area contributed by atoms with Crippen LogP contribution < -0.4 is 74.8 Å². The van der Waals surface area contributed by atoms with Crippen LogP contribution in [0.1, 0.15) is 128 Å². The van der Waals surface area contributed by atoms with Crippen LogP contribution in [0.3, 0.4) is 0 Å². The van der Waals surface area contributed by atoms with E-state index in [1.165, 1.54) is 78.4 Å². The van der Waals surface area contributed by atoms with E-state index in [2.05, 4.69) is 83.4 Å². The topological polar surface area (TPSA) is 393 Å². The van der Waals surface area contributed by atoms with E-state index in [0.29, 0.717) is 85.3 Å². The van der Waals surface area contributed by atoms with Gasteiger partial charge in [0.25, 0.3) is 0 Å². The zero-order chi connectivity index (χ0) is 96.7. The first-order valence-electron chi connectivity index (χ1n) is 44.2. The molecule has 32 nitrogen and oxygen atoms in total. The van der Waals surface area contributed by atoms with Gasteiger partial charge in [0.2, 0.25) is 0 Å². The number of ketones is 3. The van der Waals surface area contributed by atoms with Gasteiger partial charge in [-0.3, -0.25) is 63.3 Å². The molecular formula is C105H93Br2Mg2N23O9S5. The van der Waals surface area contributed by atoms with Gasteiger partial charge in [-0.05, 0) is 271 Å². The number of carbonyl (C=O) groups is 4. The minimum Gasteiger partial charge on any atom is -1.00 e. The zero-order valence-electron chi connectivity index (χ0n) is 81.0. The molecular weight excluding hydrogens is 2100 g/mol. The number of aromatic nitrogens is 16. The van der Waals surface area contributed by atoms with Crippen LogP contribution in [0.15, 0.2) is 265 Å². The summed E-state index contributed by atoms with van der Waals surface area (Å²) in [5, 5.41) is 45.7. The number of amidine groups is 2. The largest absolute Gasteiger partial charge is 2.00 e. The summed E-state index contributed by atoms with van der Waals surface area (Å²) < 4.78 is 52.9. The van der Waals surface area contributed by atoms with Gasteiger partial charge in [-0.25, -0.2) is 4.79 Å². The Bertz CT molecular complexity index is 8140. The predicted molar refractivity (Wildman–Crippen MR) is 579 cm³/mol. The second kappa shape index (κ2) is 48.8. The first-order valence-corrected chi connectivity index (χ1v) is 48.1. The van der Waals surface area contributed by atoms with E-state index in [9.17, 15) is 24.3 Å². The van der Waals surface area contributed by atoms with Crippen molar-refractivity contribution in [2.45, 2.75) is 79.9 Å². The minimum atomic E-state index is -0.939. The predicted octanol–water partition coefficient (Wildman–Crippen LogP) is 15.8. The number of methoxy groups -OCH3 is 3. The molecule has 0 bridgehead atoms. The Morgan fingerprint density at radius 1 is 0.377 bits per heavy atom. The maximum absolute atomic E-state index is 12.1. The average Bonchev–Trinajstić information content (AvgIpc) is 1.64. The normalized spacial score (nSPS) is 11.4.